The standard InChI is InChI=1S/C14H24F3N3O.ClH/c1-2-19(10-14(15,16)17)8-11-5-7-20(9-11)13(21)12-4-3-6-18-12;/h11-12,18H,2-10H2,1H3;1H/t11?,12-;/m0./s1. The zero-order valence-corrected chi connectivity index (χ0v) is 13.7. The Morgan fingerprint density at radius 1 is 1.36 bits per heavy atom. The van der Waals surface area contributed by atoms with E-state index >= 15 is 0 Å². The summed E-state index contributed by atoms with van der Waals surface area (Å²) in [6.45, 7) is 3.82. The smallest absolute Gasteiger partial charge is 0.341 e. The molecular formula is C14H25ClF3N3O. The Kier molecular flexibility index (Phi) is 7.41. The van der Waals surface area contributed by atoms with Gasteiger partial charge in [-0.2, -0.15) is 13.2 Å². The number of rotatable bonds is 5. The first kappa shape index (κ1) is 19.5. The van der Waals surface area contributed by atoms with E-state index in [0.29, 0.717) is 26.2 Å². The van der Waals surface area contributed by atoms with E-state index in [1.165, 1.54) is 4.90 Å². The van der Waals surface area contributed by atoms with Gasteiger partial charge in [0.2, 0.25) is 5.91 Å². The Morgan fingerprint density at radius 3 is 2.64 bits per heavy atom. The molecule has 0 aromatic carbocycles. The molecule has 1 N–H and O–H groups in total. The lowest BCUT2D eigenvalue weighted by atomic mass is 10.1. The molecule has 0 aromatic heterocycles. The number of alkyl halides is 3. The third-order valence-electron chi connectivity index (χ3n) is 4.32. The quantitative estimate of drug-likeness (QED) is 0.828. The molecule has 0 bridgehead atoms. The van der Waals surface area contributed by atoms with Gasteiger partial charge in [0.05, 0.1) is 12.6 Å². The summed E-state index contributed by atoms with van der Waals surface area (Å²) in [4.78, 5) is 15.5. The second-order valence-corrected chi connectivity index (χ2v) is 6.03. The van der Waals surface area contributed by atoms with Crippen molar-refractivity contribution < 1.29 is 18.0 Å². The molecular weight excluding hydrogens is 319 g/mol. The van der Waals surface area contributed by atoms with Gasteiger partial charge >= 0.3 is 6.18 Å². The summed E-state index contributed by atoms with van der Waals surface area (Å²) in [6.07, 6.45) is -1.47. The van der Waals surface area contributed by atoms with E-state index in [4.69, 9.17) is 0 Å². The van der Waals surface area contributed by atoms with Crippen LogP contribution in [0.1, 0.15) is 26.2 Å². The number of carbonyl (C=O) groups excluding carboxylic acids is 1. The normalized spacial score (nSPS) is 25.6. The number of hydrogen-bond donors (Lipinski definition) is 1. The van der Waals surface area contributed by atoms with Crippen LogP contribution in [-0.4, -0.2) is 67.2 Å². The number of nitrogens with one attached hydrogen (secondary N) is 1. The molecule has 0 aliphatic carbocycles. The van der Waals surface area contributed by atoms with E-state index in [2.05, 4.69) is 5.32 Å². The number of amides is 1. The molecule has 1 unspecified atom stereocenters. The van der Waals surface area contributed by atoms with Crippen LogP contribution in [0.2, 0.25) is 0 Å². The van der Waals surface area contributed by atoms with Gasteiger partial charge in [0.15, 0.2) is 0 Å². The lowest BCUT2D eigenvalue weighted by Gasteiger charge is -2.25. The van der Waals surface area contributed by atoms with Gasteiger partial charge in [0, 0.05) is 19.6 Å². The minimum Gasteiger partial charge on any atom is -0.341 e. The first-order valence-corrected chi connectivity index (χ1v) is 7.70. The molecule has 0 radical (unpaired) electrons. The third kappa shape index (κ3) is 5.59. The summed E-state index contributed by atoms with van der Waals surface area (Å²) in [5.41, 5.74) is 0. The maximum absolute atomic E-state index is 12.5. The summed E-state index contributed by atoms with van der Waals surface area (Å²) in [6, 6.07) is -0.0822. The molecule has 2 fully saturated rings. The molecule has 130 valence electrons. The van der Waals surface area contributed by atoms with Crippen molar-refractivity contribution in [1.29, 1.82) is 0 Å². The highest BCUT2D eigenvalue weighted by Gasteiger charge is 2.35. The Morgan fingerprint density at radius 2 is 2.09 bits per heavy atom. The van der Waals surface area contributed by atoms with E-state index in [-0.39, 0.29) is 30.3 Å². The number of likely N-dealkylation sites (tertiary alicyclic amines) is 1. The summed E-state index contributed by atoms with van der Waals surface area (Å²) in [5.74, 6) is 0.270. The Labute approximate surface area is 135 Å². The molecule has 2 heterocycles. The van der Waals surface area contributed by atoms with Crippen LogP contribution in [0.5, 0.6) is 0 Å². The maximum Gasteiger partial charge on any atom is 0.401 e. The van der Waals surface area contributed by atoms with Crippen LogP contribution >= 0.6 is 12.4 Å². The van der Waals surface area contributed by atoms with Crippen LogP contribution in [0.4, 0.5) is 13.2 Å². The zero-order valence-electron chi connectivity index (χ0n) is 12.9. The van der Waals surface area contributed by atoms with Crippen LogP contribution < -0.4 is 5.32 Å². The molecule has 4 nitrogen and oxygen atoms in total. The first-order chi connectivity index (χ1) is 9.89. The average molecular weight is 344 g/mol. The molecule has 0 spiro atoms. The van der Waals surface area contributed by atoms with Gasteiger partial charge in [-0.25, -0.2) is 0 Å². The third-order valence-corrected chi connectivity index (χ3v) is 4.32. The topological polar surface area (TPSA) is 35.6 Å². The molecule has 2 rings (SSSR count). The van der Waals surface area contributed by atoms with E-state index in [1.54, 1.807) is 6.92 Å². The van der Waals surface area contributed by atoms with E-state index < -0.39 is 12.7 Å². The van der Waals surface area contributed by atoms with E-state index in [0.717, 1.165) is 25.8 Å². The lowest BCUT2D eigenvalue weighted by Crippen LogP contribution is -2.43. The molecule has 2 atom stereocenters. The van der Waals surface area contributed by atoms with Crippen molar-refractivity contribution in [3.63, 3.8) is 0 Å². The van der Waals surface area contributed by atoms with Gasteiger partial charge in [-0.05, 0) is 38.3 Å². The predicted molar refractivity (Wildman–Crippen MR) is 81.1 cm³/mol. The first-order valence-electron chi connectivity index (χ1n) is 7.70. The van der Waals surface area contributed by atoms with Gasteiger partial charge in [-0.3, -0.25) is 9.69 Å². The lowest BCUT2D eigenvalue weighted by molar-refractivity contribution is -0.146. The summed E-state index contributed by atoms with van der Waals surface area (Å²) < 4.78 is 37.4. The number of hydrogen-bond acceptors (Lipinski definition) is 3. The highest BCUT2D eigenvalue weighted by Crippen LogP contribution is 2.22. The average Bonchev–Trinajstić information content (AvgIpc) is 3.06. The number of halogens is 4. The van der Waals surface area contributed by atoms with Crippen molar-refractivity contribution in [1.82, 2.24) is 15.1 Å². The van der Waals surface area contributed by atoms with Crippen LogP contribution in [0.3, 0.4) is 0 Å². The summed E-state index contributed by atoms with van der Waals surface area (Å²) in [7, 11) is 0. The summed E-state index contributed by atoms with van der Waals surface area (Å²) >= 11 is 0. The van der Waals surface area contributed by atoms with E-state index in [9.17, 15) is 18.0 Å². The molecule has 2 saturated heterocycles. The fourth-order valence-corrected chi connectivity index (χ4v) is 3.22. The minimum absolute atomic E-state index is 0. The van der Waals surface area contributed by atoms with Gasteiger partial charge in [-0.1, -0.05) is 6.92 Å². The van der Waals surface area contributed by atoms with Gasteiger partial charge in [0.1, 0.15) is 0 Å². The number of carbonyl (C=O) groups is 1. The Bertz CT molecular complexity index is 362. The van der Waals surface area contributed by atoms with Crippen molar-refractivity contribution in [2.24, 2.45) is 5.92 Å². The van der Waals surface area contributed by atoms with E-state index in [1.807, 2.05) is 4.90 Å². The van der Waals surface area contributed by atoms with Crippen LogP contribution in [0, 0.1) is 5.92 Å². The van der Waals surface area contributed by atoms with Crippen molar-refractivity contribution in [3.8, 4) is 0 Å². The maximum atomic E-state index is 12.5. The molecule has 0 saturated carbocycles. The van der Waals surface area contributed by atoms with Crippen molar-refractivity contribution >= 4 is 18.3 Å². The zero-order chi connectivity index (χ0) is 15.5. The highest BCUT2D eigenvalue weighted by molar-refractivity contribution is 5.85. The summed E-state index contributed by atoms with van der Waals surface area (Å²) in [5, 5.41) is 3.18. The van der Waals surface area contributed by atoms with Crippen LogP contribution in [0.15, 0.2) is 0 Å². The minimum atomic E-state index is -4.15. The Hall–Kier alpha value is -0.530. The second kappa shape index (κ2) is 8.36. The SMILES string of the molecule is CCN(CC1CCN(C(=O)[C@@H]2CCCN2)C1)CC(F)(F)F.Cl. The highest BCUT2D eigenvalue weighted by atomic mass is 35.5. The van der Waals surface area contributed by atoms with Crippen LogP contribution in [0.25, 0.3) is 0 Å². The van der Waals surface area contributed by atoms with Crippen molar-refractivity contribution in [2.75, 3.05) is 39.3 Å². The molecule has 1 amide bonds. The Balaban J connectivity index is 0.00000242. The van der Waals surface area contributed by atoms with Crippen molar-refractivity contribution in [3.05, 3.63) is 0 Å². The van der Waals surface area contributed by atoms with Gasteiger partial charge in [-0.15, -0.1) is 12.4 Å². The molecule has 0 aromatic rings. The van der Waals surface area contributed by atoms with Crippen LogP contribution in [-0.2, 0) is 4.79 Å². The predicted octanol–water partition coefficient (Wildman–Crippen LogP) is 1.89. The molecule has 2 aliphatic rings. The molecule has 8 heteroatoms. The second-order valence-electron chi connectivity index (χ2n) is 6.03. The molecule has 2 aliphatic heterocycles. The van der Waals surface area contributed by atoms with Gasteiger partial charge in [0.25, 0.3) is 0 Å². The van der Waals surface area contributed by atoms with Crippen molar-refractivity contribution in [2.45, 2.75) is 38.4 Å². The fraction of sp³-hybridized carbons (Fsp3) is 0.929. The fourth-order valence-electron chi connectivity index (χ4n) is 3.22. The monoisotopic (exact) mass is 343 g/mol. The number of nitrogens with zero attached hydrogens (tertiary/aromatic N) is 2. The molecule has 22 heavy (non-hydrogen) atoms. The van der Waals surface area contributed by atoms with Gasteiger partial charge < -0.3 is 10.2 Å². The largest absolute Gasteiger partial charge is 0.401 e.